The number of hydrogen-bond donors (Lipinski definition) is 1. The van der Waals surface area contributed by atoms with Gasteiger partial charge in [-0.25, -0.2) is 4.57 Å². The molecule has 0 heterocycles. The van der Waals surface area contributed by atoms with E-state index in [1.165, 1.54) is 32.1 Å². The second kappa shape index (κ2) is 45.1. The van der Waals surface area contributed by atoms with Crippen molar-refractivity contribution in [2.45, 2.75) is 187 Å². The van der Waals surface area contributed by atoms with Crippen molar-refractivity contribution in [1.82, 2.24) is 0 Å². The van der Waals surface area contributed by atoms with Crippen LogP contribution in [-0.4, -0.2) is 74.9 Å². The van der Waals surface area contributed by atoms with Crippen LogP contribution in [0.3, 0.4) is 0 Å². The number of carbonyl (C=O) groups is 2. The molecule has 2 unspecified atom stereocenters. The molecule has 0 fully saturated rings. The van der Waals surface area contributed by atoms with Crippen LogP contribution in [0.25, 0.3) is 0 Å². The number of quaternary nitrogens is 1. The van der Waals surface area contributed by atoms with Gasteiger partial charge in [-0.3, -0.25) is 18.6 Å². The topological polar surface area (TPSA) is 108 Å². The molecule has 0 rings (SSSR count). The molecule has 0 aliphatic carbocycles. The zero-order valence-electron chi connectivity index (χ0n) is 41.2. The molecular formula is C54H93NO8P+. The zero-order chi connectivity index (χ0) is 47.1. The van der Waals surface area contributed by atoms with Crippen LogP contribution in [0.5, 0.6) is 0 Å². The summed E-state index contributed by atoms with van der Waals surface area (Å²) in [5, 5.41) is 0. The first-order chi connectivity index (χ1) is 31.0. The summed E-state index contributed by atoms with van der Waals surface area (Å²) in [6, 6.07) is 0. The van der Waals surface area contributed by atoms with E-state index in [-0.39, 0.29) is 32.0 Å². The molecule has 1 N–H and O–H groups in total. The molecule has 0 saturated carbocycles. The highest BCUT2D eigenvalue weighted by Gasteiger charge is 2.27. The number of phosphoric acid groups is 1. The van der Waals surface area contributed by atoms with Gasteiger partial charge >= 0.3 is 19.8 Å². The van der Waals surface area contributed by atoms with E-state index in [1.807, 2.05) is 21.1 Å². The number of rotatable bonds is 44. The Morgan fingerprint density at radius 3 is 1.25 bits per heavy atom. The van der Waals surface area contributed by atoms with Crippen molar-refractivity contribution in [2.75, 3.05) is 47.5 Å². The summed E-state index contributed by atoms with van der Waals surface area (Å²) in [5.74, 6) is -0.832. The van der Waals surface area contributed by atoms with Gasteiger partial charge in [0.1, 0.15) is 19.8 Å². The fourth-order valence-electron chi connectivity index (χ4n) is 6.29. The number of esters is 2. The Kier molecular flexibility index (Phi) is 42.9. The van der Waals surface area contributed by atoms with E-state index in [9.17, 15) is 19.0 Å². The Morgan fingerprint density at radius 1 is 0.484 bits per heavy atom. The molecule has 9 nitrogen and oxygen atoms in total. The lowest BCUT2D eigenvalue weighted by molar-refractivity contribution is -0.870. The van der Waals surface area contributed by atoms with Gasteiger partial charge in [0.2, 0.25) is 0 Å². The van der Waals surface area contributed by atoms with Crippen LogP contribution in [0, 0.1) is 0 Å². The molecule has 0 aromatic carbocycles. The van der Waals surface area contributed by atoms with Crippen LogP contribution in [0.2, 0.25) is 0 Å². The fourth-order valence-corrected chi connectivity index (χ4v) is 7.03. The van der Waals surface area contributed by atoms with Crippen LogP contribution in [0.15, 0.2) is 97.2 Å². The summed E-state index contributed by atoms with van der Waals surface area (Å²) in [4.78, 5) is 35.5. The first-order valence-corrected chi connectivity index (χ1v) is 26.5. The average Bonchev–Trinajstić information content (AvgIpc) is 3.25. The van der Waals surface area contributed by atoms with Gasteiger partial charge in [-0.15, -0.1) is 0 Å². The molecule has 366 valence electrons. The van der Waals surface area contributed by atoms with Gasteiger partial charge in [-0.05, 0) is 89.9 Å². The van der Waals surface area contributed by atoms with Crippen molar-refractivity contribution in [2.24, 2.45) is 0 Å². The monoisotopic (exact) mass is 915 g/mol. The smallest absolute Gasteiger partial charge is 0.462 e. The van der Waals surface area contributed by atoms with Crippen LogP contribution < -0.4 is 0 Å². The number of carbonyl (C=O) groups excluding carboxylic acids is 2. The Hall–Kier alpha value is -3.07. The van der Waals surface area contributed by atoms with Gasteiger partial charge in [0, 0.05) is 12.8 Å². The minimum absolute atomic E-state index is 0.0221. The molecule has 0 aromatic heterocycles. The van der Waals surface area contributed by atoms with E-state index in [2.05, 4.69) is 111 Å². The van der Waals surface area contributed by atoms with Crippen molar-refractivity contribution in [3.63, 3.8) is 0 Å². The number of hydrogen-bond acceptors (Lipinski definition) is 7. The van der Waals surface area contributed by atoms with Crippen molar-refractivity contribution < 1.29 is 42.1 Å². The van der Waals surface area contributed by atoms with Crippen LogP contribution in [0.1, 0.15) is 181 Å². The highest BCUT2D eigenvalue weighted by atomic mass is 31.2. The Bertz CT molecular complexity index is 1400. The highest BCUT2D eigenvalue weighted by molar-refractivity contribution is 7.47. The molecule has 0 amide bonds. The van der Waals surface area contributed by atoms with E-state index in [0.717, 1.165) is 109 Å². The molecule has 0 aliphatic rings. The third-order valence-corrected chi connectivity index (χ3v) is 11.1. The third kappa shape index (κ3) is 48.4. The predicted molar refractivity (Wildman–Crippen MR) is 270 cm³/mol. The maximum Gasteiger partial charge on any atom is 0.472 e. The molecular weight excluding hydrogens is 822 g/mol. The number of phosphoric ester groups is 1. The van der Waals surface area contributed by atoms with Crippen molar-refractivity contribution >= 4 is 19.8 Å². The second-order valence-corrected chi connectivity index (χ2v) is 18.9. The first kappa shape index (κ1) is 60.9. The van der Waals surface area contributed by atoms with Gasteiger partial charge in [0.25, 0.3) is 0 Å². The second-order valence-electron chi connectivity index (χ2n) is 17.4. The molecule has 2 atom stereocenters. The first-order valence-electron chi connectivity index (χ1n) is 25.0. The molecule has 0 bridgehead atoms. The lowest BCUT2D eigenvalue weighted by atomic mass is 10.1. The Labute approximate surface area is 392 Å². The maximum absolute atomic E-state index is 12.8. The third-order valence-electron chi connectivity index (χ3n) is 10.1. The van der Waals surface area contributed by atoms with E-state index in [1.54, 1.807) is 0 Å². The average molecular weight is 915 g/mol. The normalized spacial score (nSPS) is 14.3. The highest BCUT2D eigenvalue weighted by Crippen LogP contribution is 2.43. The van der Waals surface area contributed by atoms with Crippen molar-refractivity contribution in [3.05, 3.63) is 97.2 Å². The van der Waals surface area contributed by atoms with Crippen molar-refractivity contribution in [3.8, 4) is 0 Å². The van der Waals surface area contributed by atoms with Gasteiger partial charge < -0.3 is 18.9 Å². The number of ether oxygens (including phenoxy) is 2. The summed E-state index contributed by atoms with van der Waals surface area (Å²) in [6.07, 6.45) is 60.3. The number of unbranched alkanes of at least 4 members (excludes halogenated alkanes) is 14. The fraction of sp³-hybridized carbons (Fsp3) is 0.667. The molecule has 0 spiro atoms. The van der Waals surface area contributed by atoms with Crippen LogP contribution in [0.4, 0.5) is 0 Å². The number of allylic oxidation sites excluding steroid dienone is 16. The van der Waals surface area contributed by atoms with Gasteiger partial charge in [0.15, 0.2) is 6.10 Å². The lowest BCUT2D eigenvalue weighted by Crippen LogP contribution is -2.37. The van der Waals surface area contributed by atoms with Gasteiger partial charge in [0.05, 0.1) is 27.7 Å². The zero-order valence-corrected chi connectivity index (χ0v) is 42.1. The van der Waals surface area contributed by atoms with E-state index >= 15 is 0 Å². The minimum Gasteiger partial charge on any atom is -0.462 e. The predicted octanol–water partition coefficient (Wildman–Crippen LogP) is 14.9. The van der Waals surface area contributed by atoms with Gasteiger partial charge in [-0.2, -0.15) is 0 Å². The number of likely N-dealkylation sites (N-methyl/N-ethyl adjacent to an activating group) is 1. The minimum atomic E-state index is -4.39. The Morgan fingerprint density at radius 2 is 0.844 bits per heavy atom. The summed E-state index contributed by atoms with van der Waals surface area (Å²) in [5.41, 5.74) is 0. The van der Waals surface area contributed by atoms with E-state index in [4.69, 9.17) is 18.5 Å². The Balaban J connectivity index is 4.29. The molecule has 0 aliphatic heterocycles. The SMILES string of the molecule is CC/C=C\C/C=C\C/C=C\C/C=C\C/C=C\CCCCCCCCCCCC(=O)OC(COC(=O)CCCCCCC/C=C\C/C=C\C/C=C\CC)COP(=O)(O)OCC[N+](C)(C)C. The summed E-state index contributed by atoms with van der Waals surface area (Å²) in [6.45, 7) is 4.16. The summed E-state index contributed by atoms with van der Waals surface area (Å²) < 4.78 is 34.4. The molecule has 0 saturated heterocycles. The summed E-state index contributed by atoms with van der Waals surface area (Å²) >= 11 is 0. The standard InChI is InChI=1S/C54H92NO8P/c1-6-8-10-12-14-16-18-20-22-23-24-25-26-27-28-29-30-31-33-35-37-39-41-43-45-47-54(57)63-52(51-62-64(58,59)61-49-48-55(3,4)5)50-60-53(56)46-44-42-40-38-36-34-32-21-19-17-15-13-11-9-7-2/h8-11,14-17,20-22,24-25,27-28,32,52H,6-7,12-13,18-19,23,26,29-31,33-51H2,1-5H3/p+1/b10-8-,11-9-,16-14-,17-15-,22-20-,25-24-,28-27-,32-21-. The number of nitrogens with zero attached hydrogens (tertiary/aromatic N) is 1. The molecule has 10 heteroatoms. The van der Waals surface area contributed by atoms with E-state index in [0.29, 0.717) is 23.9 Å². The van der Waals surface area contributed by atoms with Crippen LogP contribution >= 0.6 is 7.82 Å². The van der Waals surface area contributed by atoms with Gasteiger partial charge in [-0.1, -0.05) is 175 Å². The molecule has 0 radical (unpaired) electrons. The quantitative estimate of drug-likeness (QED) is 0.0212. The summed E-state index contributed by atoms with van der Waals surface area (Å²) in [7, 11) is 1.45. The lowest BCUT2D eigenvalue weighted by Gasteiger charge is -2.24. The molecule has 64 heavy (non-hydrogen) atoms. The van der Waals surface area contributed by atoms with Crippen molar-refractivity contribution in [1.29, 1.82) is 0 Å². The van der Waals surface area contributed by atoms with E-state index < -0.39 is 26.5 Å². The van der Waals surface area contributed by atoms with Crippen LogP contribution in [-0.2, 0) is 32.7 Å². The largest absolute Gasteiger partial charge is 0.472 e. The molecule has 0 aromatic rings. The maximum atomic E-state index is 12.8.